The molecule has 3 aromatic rings. The first-order valence-electron chi connectivity index (χ1n) is 6.26. The van der Waals surface area contributed by atoms with E-state index in [1.165, 1.54) is 22.0 Å². The molecule has 19 heavy (non-hydrogen) atoms. The minimum atomic E-state index is 1.00. The van der Waals surface area contributed by atoms with Gasteiger partial charge in [-0.05, 0) is 25.5 Å². The average molecular weight is 255 g/mol. The Kier molecular flexibility index (Phi) is 6.41. The predicted molar refractivity (Wildman–Crippen MR) is 82.4 cm³/mol. The van der Waals surface area contributed by atoms with Gasteiger partial charge < -0.3 is 10.1 Å². The van der Waals surface area contributed by atoms with Gasteiger partial charge in [-0.15, -0.1) is 0 Å². The van der Waals surface area contributed by atoms with Gasteiger partial charge in [-0.3, -0.25) is 0 Å². The molecule has 0 aliphatic heterocycles. The maximum Gasteiger partial charge on any atom is 0.0456 e. The van der Waals surface area contributed by atoms with Crippen LogP contribution >= 0.6 is 0 Å². The molecule has 0 aliphatic carbocycles. The van der Waals surface area contributed by atoms with Crippen molar-refractivity contribution in [3.05, 3.63) is 71.9 Å². The summed E-state index contributed by atoms with van der Waals surface area (Å²) in [6, 6.07) is 18.6. The molecule has 0 amide bonds. The Bertz CT molecular complexity index is 584. The van der Waals surface area contributed by atoms with Crippen LogP contribution in [0.2, 0.25) is 0 Å². The van der Waals surface area contributed by atoms with Crippen LogP contribution < -0.4 is 0 Å². The van der Waals surface area contributed by atoms with Crippen LogP contribution in [0.4, 0.5) is 0 Å². The summed E-state index contributed by atoms with van der Waals surface area (Å²) in [7, 11) is 1.00. The van der Waals surface area contributed by atoms with Gasteiger partial charge in [0, 0.05) is 24.2 Å². The molecule has 2 aromatic carbocycles. The molecule has 0 saturated heterocycles. The molecule has 0 unspecified atom stereocenters. The molecule has 0 saturated carbocycles. The number of hydrogen-bond acceptors (Lipinski definition) is 1. The molecule has 2 N–H and O–H groups in total. The second kappa shape index (κ2) is 8.11. The van der Waals surface area contributed by atoms with Gasteiger partial charge in [-0.25, -0.2) is 0 Å². The maximum absolute atomic E-state index is 7.00. The standard InChI is InChI=1S/C9H9N.C7H8.CH4O/c1-7-6-10-9-5-3-2-4-8(7)9;1-7-5-3-2-4-6-7;1-2/h2-6,10H,1H3;2-6H,1H3;2H,1H3. The molecule has 0 aliphatic rings. The van der Waals surface area contributed by atoms with E-state index in [2.05, 4.69) is 49.2 Å². The number of aromatic nitrogens is 1. The molecule has 0 spiro atoms. The summed E-state index contributed by atoms with van der Waals surface area (Å²) in [5.74, 6) is 0. The van der Waals surface area contributed by atoms with Crippen LogP contribution in [0.15, 0.2) is 60.8 Å². The predicted octanol–water partition coefficient (Wildman–Crippen LogP) is 4.08. The number of nitrogens with one attached hydrogen (secondary N) is 1. The van der Waals surface area contributed by atoms with E-state index in [9.17, 15) is 0 Å². The van der Waals surface area contributed by atoms with E-state index >= 15 is 0 Å². The smallest absolute Gasteiger partial charge is 0.0456 e. The number of hydrogen-bond donors (Lipinski definition) is 2. The number of aromatic amines is 1. The van der Waals surface area contributed by atoms with Gasteiger partial charge in [-0.1, -0.05) is 54.1 Å². The Morgan fingerprint density at radius 3 is 1.89 bits per heavy atom. The summed E-state index contributed by atoms with van der Waals surface area (Å²) in [6.07, 6.45) is 2.03. The lowest BCUT2D eigenvalue weighted by atomic mass is 10.2. The van der Waals surface area contributed by atoms with Gasteiger partial charge in [0.1, 0.15) is 0 Å². The quantitative estimate of drug-likeness (QED) is 0.624. The zero-order valence-corrected chi connectivity index (χ0v) is 11.7. The number of aliphatic hydroxyl groups is 1. The first kappa shape index (κ1) is 15.0. The molecule has 100 valence electrons. The van der Waals surface area contributed by atoms with Crippen molar-refractivity contribution in [1.82, 2.24) is 4.98 Å². The monoisotopic (exact) mass is 255 g/mol. The Morgan fingerprint density at radius 2 is 1.37 bits per heavy atom. The van der Waals surface area contributed by atoms with E-state index in [-0.39, 0.29) is 0 Å². The SMILES string of the molecule is CO.Cc1c[nH]c2ccccc12.Cc1ccccc1. The fraction of sp³-hybridized carbons (Fsp3) is 0.176. The highest BCUT2D eigenvalue weighted by atomic mass is 16.2. The zero-order valence-electron chi connectivity index (χ0n) is 11.7. The Morgan fingerprint density at radius 1 is 0.789 bits per heavy atom. The van der Waals surface area contributed by atoms with Crippen molar-refractivity contribution in [2.45, 2.75) is 13.8 Å². The van der Waals surface area contributed by atoms with Crippen molar-refractivity contribution >= 4 is 10.9 Å². The van der Waals surface area contributed by atoms with Gasteiger partial charge in [0.2, 0.25) is 0 Å². The molecule has 0 fully saturated rings. The maximum atomic E-state index is 7.00. The van der Waals surface area contributed by atoms with E-state index in [0.717, 1.165) is 7.11 Å². The van der Waals surface area contributed by atoms with Gasteiger partial charge >= 0.3 is 0 Å². The number of H-pyrrole nitrogens is 1. The second-order valence-corrected chi connectivity index (χ2v) is 4.17. The minimum absolute atomic E-state index is 1.00. The molecule has 1 heterocycles. The van der Waals surface area contributed by atoms with Gasteiger partial charge in [0.15, 0.2) is 0 Å². The van der Waals surface area contributed by atoms with E-state index in [1.54, 1.807) is 0 Å². The first-order valence-corrected chi connectivity index (χ1v) is 6.26. The minimum Gasteiger partial charge on any atom is -0.400 e. The lowest BCUT2D eigenvalue weighted by molar-refractivity contribution is 0.399. The number of aliphatic hydroxyl groups excluding tert-OH is 1. The highest BCUT2D eigenvalue weighted by molar-refractivity contribution is 5.82. The van der Waals surface area contributed by atoms with Crippen LogP contribution in [0.5, 0.6) is 0 Å². The normalized spacial score (nSPS) is 9.05. The number of rotatable bonds is 0. The van der Waals surface area contributed by atoms with Crippen LogP contribution in [0.3, 0.4) is 0 Å². The molecule has 1 aromatic heterocycles. The van der Waals surface area contributed by atoms with Gasteiger partial charge in [0.25, 0.3) is 0 Å². The largest absolute Gasteiger partial charge is 0.400 e. The second-order valence-electron chi connectivity index (χ2n) is 4.17. The summed E-state index contributed by atoms with van der Waals surface area (Å²) in [4.78, 5) is 3.19. The number of benzene rings is 2. The van der Waals surface area contributed by atoms with E-state index in [4.69, 9.17) is 5.11 Å². The summed E-state index contributed by atoms with van der Waals surface area (Å²) < 4.78 is 0. The summed E-state index contributed by atoms with van der Waals surface area (Å²) in [5, 5.41) is 8.32. The first-order chi connectivity index (χ1) is 9.27. The molecule has 0 atom stereocenters. The van der Waals surface area contributed by atoms with Gasteiger partial charge in [0.05, 0.1) is 0 Å². The summed E-state index contributed by atoms with van der Waals surface area (Å²) in [5.41, 5.74) is 3.86. The molecule has 2 heteroatoms. The van der Waals surface area contributed by atoms with Crippen molar-refractivity contribution in [3.63, 3.8) is 0 Å². The summed E-state index contributed by atoms with van der Waals surface area (Å²) in [6.45, 7) is 4.19. The Hall–Kier alpha value is -2.06. The fourth-order valence-corrected chi connectivity index (χ4v) is 1.75. The Labute approximate surface area is 114 Å². The van der Waals surface area contributed by atoms with Crippen LogP contribution in [0.1, 0.15) is 11.1 Å². The zero-order chi connectivity index (χ0) is 14.1. The van der Waals surface area contributed by atoms with Crippen molar-refractivity contribution in [3.8, 4) is 0 Å². The molecular weight excluding hydrogens is 234 g/mol. The van der Waals surface area contributed by atoms with Crippen molar-refractivity contribution in [2.75, 3.05) is 7.11 Å². The van der Waals surface area contributed by atoms with Crippen LogP contribution in [0, 0.1) is 13.8 Å². The van der Waals surface area contributed by atoms with Gasteiger partial charge in [-0.2, -0.15) is 0 Å². The highest BCUT2D eigenvalue weighted by Crippen LogP contribution is 2.15. The molecular formula is C17H21NO. The lowest BCUT2D eigenvalue weighted by Gasteiger charge is -1.86. The van der Waals surface area contributed by atoms with Crippen LogP contribution in [-0.2, 0) is 0 Å². The van der Waals surface area contributed by atoms with Crippen LogP contribution in [0.25, 0.3) is 10.9 Å². The third kappa shape index (κ3) is 4.60. The van der Waals surface area contributed by atoms with Crippen molar-refractivity contribution in [1.29, 1.82) is 0 Å². The lowest BCUT2D eigenvalue weighted by Crippen LogP contribution is -1.64. The third-order valence-corrected chi connectivity index (χ3v) is 2.74. The van der Waals surface area contributed by atoms with E-state index in [0.29, 0.717) is 0 Å². The number of aryl methyl sites for hydroxylation is 2. The molecule has 0 bridgehead atoms. The fourth-order valence-electron chi connectivity index (χ4n) is 1.75. The van der Waals surface area contributed by atoms with Crippen molar-refractivity contribution in [2.24, 2.45) is 0 Å². The number of para-hydroxylation sites is 1. The molecule has 0 radical (unpaired) electrons. The average Bonchev–Trinajstić information content (AvgIpc) is 2.85. The third-order valence-electron chi connectivity index (χ3n) is 2.74. The molecule has 3 rings (SSSR count). The highest BCUT2D eigenvalue weighted by Gasteiger charge is 1.94. The van der Waals surface area contributed by atoms with E-state index in [1.807, 2.05) is 30.5 Å². The van der Waals surface area contributed by atoms with Crippen LogP contribution in [-0.4, -0.2) is 17.2 Å². The summed E-state index contributed by atoms with van der Waals surface area (Å²) >= 11 is 0. The Balaban J connectivity index is 0.000000177. The molecule has 2 nitrogen and oxygen atoms in total. The van der Waals surface area contributed by atoms with Crippen molar-refractivity contribution < 1.29 is 5.11 Å². The number of fused-ring (bicyclic) bond motifs is 1. The van der Waals surface area contributed by atoms with E-state index < -0.39 is 0 Å². The topological polar surface area (TPSA) is 36.0 Å².